The molecule has 1 fully saturated rings. The molecule has 0 bridgehead atoms. The Balaban J connectivity index is 1.92. The maximum absolute atomic E-state index is 12.2. The zero-order chi connectivity index (χ0) is 13.8. The fourth-order valence-corrected chi connectivity index (χ4v) is 3.23. The van der Waals surface area contributed by atoms with Crippen molar-refractivity contribution < 1.29 is 9.90 Å². The van der Waals surface area contributed by atoms with Crippen LogP contribution in [0.2, 0.25) is 0 Å². The Kier molecular flexibility index (Phi) is 5.13. The molecule has 1 aromatic carbocycles. The Bertz CT molecular complexity index is 450. The maximum Gasteiger partial charge on any atom is 0.165 e. The van der Waals surface area contributed by atoms with Crippen LogP contribution in [0.1, 0.15) is 30.1 Å². The first-order chi connectivity index (χ1) is 9.13. The van der Waals surface area contributed by atoms with Crippen LogP contribution in [-0.4, -0.2) is 41.5 Å². The van der Waals surface area contributed by atoms with Crippen molar-refractivity contribution in [3.05, 3.63) is 34.3 Å². The number of nitrogens with zero attached hydrogens (tertiary/aromatic N) is 1. The topological polar surface area (TPSA) is 40.5 Å². The van der Waals surface area contributed by atoms with Gasteiger partial charge in [0.15, 0.2) is 5.78 Å². The fraction of sp³-hybridized carbons (Fsp3) is 0.533. The predicted octanol–water partition coefficient (Wildman–Crippen LogP) is 2.72. The number of aliphatic hydroxyl groups is 1. The van der Waals surface area contributed by atoms with E-state index < -0.39 is 0 Å². The number of ketones is 1. The number of Topliss-reactive ketones (excluding diaryl/α,β-unsaturated/α-hetero) is 1. The third-order valence-electron chi connectivity index (χ3n) is 3.98. The van der Waals surface area contributed by atoms with E-state index in [0.717, 1.165) is 29.5 Å². The lowest BCUT2D eigenvalue weighted by atomic mass is 10.0. The molecule has 1 aliphatic rings. The van der Waals surface area contributed by atoms with E-state index in [4.69, 9.17) is 0 Å². The molecule has 19 heavy (non-hydrogen) atoms. The van der Waals surface area contributed by atoms with E-state index in [-0.39, 0.29) is 18.4 Å². The number of benzene rings is 1. The van der Waals surface area contributed by atoms with Gasteiger partial charge in [0.25, 0.3) is 0 Å². The predicted molar refractivity (Wildman–Crippen MR) is 79.3 cm³/mol. The molecule has 0 spiro atoms. The van der Waals surface area contributed by atoms with Gasteiger partial charge in [0.05, 0.1) is 6.61 Å². The molecule has 0 saturated carbocycles. The van der Waals surface area contributed by atoms with Gasteiger partial charge in [0.2, 0.25) is 0 Å². The SMILES string of the molecule is CC1CCN(CCC(=O)c2ccccc2Br)C1CO. The number of hydrogen-bond donors (Lipinski definition) is 1. The van der Waals surface area contributed by atoms with E-state index in [1.54, 1.807) is 0 Å². The second-order valence-corrected chi connectivity index (χ2v) is 6.06. The minimum Gasteiger partial charge on any atom is -0.395 e. The van der Waals surface area contributed by atoms with E-state index >= 15 is 0 Å². The minimum absolute atomic E-state index is 0.156. The minimum atomic E-state index is 0.156. The number of aliphatic hydroxyl groups excluding tert-OH is 1. The molecule has 2 rings (SSSR count). The van der Waals surface area contributed by atoms with E-state index in [0.29, 0.717) is 12.3 Å². The van der Waals surface area contributed by atoms with Gasteiger partial charge in [-0.2, -0.15) is 0 Å². The summed E-state index contributed by atoms with van der Waals surface area (Å²) in [5, 5.41) is 9.40. The third kappa shape index (κ3) is 3.44. The summed E-state index contributed by atoms with van der Waals surface area (Å²) in [7, 11) is 0. The molecule has 104 valence electrons. The van der Waals surface area contributed by atoms with Gasteiger partial charge in [-0.1, -0.05) is 41.1 Å². The molecule has 1 heterocycles. The Morgan fingerprint density at radius 2 is 2.21 bits per heavy atom. The number of carbonyl (C=O) groups excluding carboxylic acids is 1. The molecule has 0 aromatic heterocycles. The van der Waals surface area contributed by atoms with E-state index in [1.807, 2.05) is 24.3 Å². The molecule has 1 saturated heterocycles. The van der Waals surface area contributed by atoms with Gasteiger partial charge < -0.3 is 5.11 Å². The molecule has 2 unspecified atom stereocenters. The summed E-state index contributed by atoms with van der Waals surface area (Å²) in [6.45, 7) is 4.06. The largest absolute Gasteiger partial charge is 0.395 e. The van der Waals surface area contributed by atoms with Crippen molar-refractivity contribution in [2.45, 2.75) is 25.8 Å². The van der Waals surface area contributed by atoms with Crippen molar-refractivity contribution in [2.75, 3.05) is 19.7 Å². The highest BCUT2D eigenvalue weighted by atomic mass is 79.9. The Hall–Kier alpha value is -0.710. The summed E-state index contributed by atoms with van der Waals surface area (Å²) < 4.78 is 0.855. The molecule has 0 amide bonds. The highest BCUT2D eigenvalue weighted by Crippen LogP contribution is 2.24. The van der Waals surface area contributed by atoms with E-state index in [9.17, 15) is 9.90 Å². The normalized spacial score (nSPS) is 23.7. The highest BCUT2D eigenvalue weighted by molar-refractivity contribution is 9.10. The maximum atomic E-state index is 12.2. The van der Waals surface area contributed by atoms with Crippen molar-refractivity contribution in [2.24, 2.45) is 5.92 Å². The van der Waals surface area contributed by atoms with Gasteiger partial charge in [-0.05, 0) is 24.9 Å². The van der Waals surface area contributed by atoms with Crippen molar-refractivity contribution in [3.63, 3.8) is 0 Å². The van der Waals surface area contributed by atoms with Gasteiger partial charge in [-0.15, -0.1) is 0 Å². The zero-order valence-corrected chi connectivity index (χ0v) is 12.8. The van der Waals surface area contributed by atoms with Crippen LogP contribution in [0.4, 0.5) is 0 Å². The van der Waals surface area contributed by atoms with Crippen LogP contribution in [0.5, 0.6) is 0 Å². The summed E-state index contributed by atoms with van der Waals surface area (Å²) in [6.07, 6.45) is 1.61. The smallest absolute Gasteiger partial charge is 0.165 e. The summed E-state index contributed by atoms with van der Waals surface area (Å²) >= 11 is 3.41. The van der Waals surface area contributed by atoms with Crippen LogP contribution in [0.3, 0.4) is 0 Å². The van der Waals surface area contributed by atoms with Crippen LogP contribution < -0.4 is 0 Å². The molecule has 4 heteroatoms. The van der Waals surface area contributed by atoms with Crippen molar-refractivity contribution in [1.82, 2.24) is 4.90 Å². The first-order valence-electron chi connectivity index (χ1n) is 6.76. The van der Waals surface area contributed by atoms with Crippen LogP contribution in [0.15, 0.2) is 28.7 Å². The fourth-order valence-electron chi connectivity index (χ4n) is 2.73. The molecule has 1 N–H and O–H groups in total. The molecule has 0 aliphatic carbocycles. The first-order valence-corrected chi connectivity index (χ1v) is 7.55. The molecule has 3 nitrogen and oxygen atoms in total. The second-order valence-electron chi connectivity index (χ2n) is 5.20. The van der Waals surface area contributed by atoms with Gasteiger partial charge >= 0.3 is 0 Å². The Labute approximate surface area is 122 Å². The summed E-state index contributed by atoms with van der Waals surface area (Å²) in [6, 6.07) is 7.74. The Morgan fingerprint density at radius 1 is 1.47 bits per heavy atom. The summed E-state index contributed by atoms with van der Waals surface area (Å²) in [5.41, 5.74) is 0.746. The lowest BCUT2D eigenvalue weighted by Gasteiger charge is -2.24. The van der Waals surface area contributed by atoms with E-state index in [1.165, 1.54) is 0 Å². The number of halogens is 1. The average Bonchev–Trinajstić information content (AvgIpc) is 2.77. The van der Waals surface area contributed by atoms with Gasteiger partial charge in [-0.25, -0.2) is 0 Å². The Morgan fingerprint density at radius 3 is 2.89 bits per heavy atom. The molecule has 1 aliphatic heterocycles. The van der Waals surface area contributed by atoms with Crippen molar-refractivity contribution in [1.29, 1.82) is 0 Å². The number of likely N-dealkylation sites (tertiary alicyclic amines) is 1. The van der Waals surface area contributed by atoms with Crippen molar-refractivity contribution in [3.8, 4) is 0 Å². The number of carbonyl (C=O) groups is 1. The number of hydrogen-bond acceptors (Lipinski definition) is 3. The summed E-state index contributed by atoms with van der Waals surface area (Å²) in [5.74, 6) is 0.673. The molecule has 0 radical (unpaired) electrons. The van der Waals surface area contributed by atoms with Crippen LogP contribution in [0, 0.1) is 5.92 Å². The lowest BCUT2D eigenvalue weighted by Crippen LogP contribution is -2.36. The van der Waals surface area contributed by atoms with Gasteiger partial charge in [0.1, 0.15) is 0 Å². The molecule has 1 aromatic rings. The monoisotopic (exact) mass is 325 g/mol. The van der Waals surface area contributed by atoms with Gasteiger partial charge in [0, 0.05) is 29.0 Å². The van der Waals surface area contributed by atoms with Gasteiger partial charge in [-0.3, -0.25) is 9.69 Å². The number of rotatable bonds is 5. The third-order valence-corrected chi connectivity index (χ3v) is 4.68. The molecular formula is C15H20BrNO2. The zero-order valence-electron chi connectivity index (χ0n) is 11.2. The average molecular weight is 326 g/mol. The quantitative estimate of drug-likeness (QED) is 0.846. The van der Waals surface area contributed by atoms with Crippen LogP contribution >= 0.6 is 15.9 Å². The highest BCUT2D eigenvalue weighted by Gasteiger charge is 2.30. The second kappa shape index (κ2) is 6.64. The summed E-state index contributed by atoms with van der Waals surface area (Å²) in [4.78, 5) is 14.4. The molecule has 2 atom stereocenters. The lowest BCUT2D eigenvalue weighted by molar-refractivity contribution is 0.0933. The van der Waals surface area contributed by atoms with E-state index in [2.05, 4.69) is 27.8 Å². The molecular weight excluding hydrogens is 306 g/mol. The first kappa shape index (κ1) is 14.7. The standard InChI is InChI=1S/C15H20BrNO2/c1-11-6-8-17(14(11)10-18)9-7-15(19)12-4-2-3-5-13(12)16/h2-5,11,14,18H,6-10H2,1H3. The van der Waals surface area contributed by atoms with Crippen molar-refractivity contribution >= 4 is 21.7 Å². The van der Waals surface area contributed by atoms with Crippen LogP contribution in [0.25, 0.3) is 0 Å². The van der Waals surface area contributed by atoms with Crippen LogP contribution in [-0.2, 0) is 0 Å².